The Kier molecular flexibility index (Phi) is 2.73. The summed E-state index contributed by atoms with van der Waals surface area (Å²) in [6, 6.07) is 1.41. The van der Waals surface area contributed by atoms with E-state index in [1.165, 1.54) is 0 Å². The van der Waals surface area contributed by atoms with Crippen molar-refractivity contribution in [2.24, 2.45) is 5.73 Å². The topological polar surface area (TPSA) is 69.6 Å². The third kappa shape index (κ3) is 1.87. The molecular formula is C10H13N5. The van der Waals surface area contributed by atoms with E-state index in [0.717, 1.165) is 12.4 Å². The first kappa shape index (κ1) is 9.79. The number of aromatic nitrogens is 4. The number of hydrogen-bond donors (Lipinski definition) is 1. The average Bonchev–Trinajstić information content (AvgIpc) is 2.77. The van der Waals surface area contributed by atoms with E-state index in [1.807, 2.05) is 17.7 Å². The molecule has 0 amide bonds. The highest BCUT2D eigenvalue weighted by molar-refractivity contribution is 5.10. The first-order valence-corrected chi connectivity index (χ1v) is 4.86. The molecule has 2 heterocycles. The lowest BCUT2D eigenvalue weighted by molar-refractivity contribution is 0.634. The zero-order valence-corrected chi connectivity index (χ0v) is 8.54. The Morgan fingerprint density at radius 3 is 2.67 bits per heavy atom. The highest BCUT2D eigenvalue weighted by atomic mass is 15.1. The monoisotopic (exact) mass is 203 g/mol. The highest BCUT2D eigenvalue weighted by Crippen LogP contribution is 2.13. The second kappa shape index (κ2) is 4.18. The number of nitrogens with zero attached hydrogens (tertiary/aromatic N) is 4. The smallest absolute Gasteiger partial charge is 0.152 e. The molecule has 0 fully saturated rings. The normalized spacial score (nSPS) is 12.7. The van der Waals surface area contributed by atoms with Crippen molar-refractivity contribution in [1.82, 2.24) is 19.5 Å². The third-order valence-electron chi connectivity index (χ3n) is 2.23. The summed E-state index contributed by atoms with van der Waals surface area (Å²) >= 11 is 0. The quantitative estimate of drug-likeness (QED) is 0.798. The van der Waals surface area contributed by atoms with Crippen molar-refractivity contribution >= 4 is 0 Å². The SMILES string of the molecule is CCn1ccnc1C(N)c1ncccn1. The van der Waals surface area contributed by atoms with Gasteiger partial charge in [0, 0.05) is 31.3 Å². The largest absolute Gasteiger partial charge is 0.334 e. The Hall–Kier alpha value is -1.75. The fourth-order valence-electron chi connectivity index (χ4n) is 1.45. The van der Waals surface area contributed by atoms with Crippen LogP contribution in [0.4, 0.5) is 0 Å². The fourth-order valence-corrected chi connectivity index (χ4v) is 1.45. The standard InChI is InChI=1S/C10H13N5/c1-2-15-7-6-14-10(15)8(11)9-12-4-3-5-13-9/h3-8H,2,11H2,1H3. The highest BCUT2D eigenvalue weighted by Gasteiger charge is 2.15. The maximum atomic E-state index is 6.03. The molecule has 2 aromatic rings. The number of imidazole rings is 1. The van der Waals surface area contributed by atoms with Crippen LogP contribution in [0.3, 0.4) is 0 Å². The van der Waals surface area contributed by atoms with Crippen molar-refractivity contribution in [3.8, 4) is 0 Å². The van der Waals surface area contributed by atoms with Gasteiger partial charge in [0.25, 0.3) is 0 Å². The van der Waals surface area contributed by atoms with Crippen LogP contribution < -0.4 is 5.73 Å². The molecule has 0 aromatic carbocycles. The van der Waals surface area contributed by atoms with E-state index in [4.69, 9.17) is 5.73 Å². The second-order valence-electron chi connectivity index (χ2n) is 3.16. The molecule has 15 heavy (non-hydrogen) atoms. The molecule has 2 N–H and O–H groups in total. The summed E-state index contributed by atoms with van der Waals surface area (Å²) in [5, 5.41) is 0. The second-order valence-corrected chi connectivity index (χ2v) is 3.16. The van der Waals surface area contributed by atoms with Gasteiger partial charge < -0.3 is 10.3 Å². The van der Waals surface area contributed by atoms with Crippen LogP contribution in [-0.4, -0.2) is 19.5 Å². The number of nitrogens with two attached hydrogens (primary N) is 1. The summed E-state index contributed by atoms with van der Waals surface area (Å²) in [7, 11) is 0. The molecule has 0 radical (unpaired) electrons. The summed E-state index contributed by atoms with van der Waals surface area (Å²) in [5.74, 6) is 1.39. The minimum Gasteiger partial charge on any atom is -0.334 e. The predicted molar refractivity (Wildman–Crippen MR) is 56.0 cm³/mol. The van der Waals surface area contributed by atoms with E-state index >= 15 is 0 Å². The van der Waals surface area contributed by atoms with Gasteiger partial charge in [0.1, 0.15) is 11.9 Å². The van der Waals surface area contributed by atoms with Gasteiger partial charge in [-0.3, -0.25) is 0 Å². The Morgan fingerprint density at radius 1 is 1.27 bits per heavy atom. The Morgan fingerprint density at radius 2 is 2.00 bits per heavy atom. The number of hydrogen-bond acceptors (Lipinski definition) is 4. The average molecular weight is 203 g/mol. The molecule has 0 saturated carbocycles. The van der Waals surface area contributed by atoms with Gasteiger partial charge in [-0.2, -0.15) is 0 Å². The van der Waals surface area contributed by atoms with Crippen molar-refractivity contribution in [2.45, 2.75) is 19.5 Å². The van der Waals surface area contributed by atoms with E-state index in [0.29, 0.717) is 5.82 Å². The summed E-state index contributed by atoms with van der Waals surface area (Å²) in [6.07, 6.45) is 7.00. The minimum atomic E-state index is -0.360. The van der Waals surface area contributed by atoms with E-state index in [-0.39, 0.29) is 6.04 Å². The summed E-state index contributed by atoms with van der Waals surface area (Å²) in [4.78, 5) is 12.5. The number of rotatable bonds is 3. The molecule has 78 valence electrons. The van der Waals surface area contributed by atoms with Crippen LogP contribution in [0.25, 0.3) is 0 Å². The van der Waals surface area contributed by atoms with E-state index in [2.05, 4.69) is 15.0 Å². The van der Waals surface area contributed by atoms with Gasteiger partial charge >= 0.3 is 0 Å². The molecule has 5 heteroatoms. The maximum absolute atomic E-state index is 6.03. The molecule has 0 saturated heterocycles. The van der Waals surface area contributed by atoms with Crippen molar-refractivity contribution in [1.29, 1.82) is 0 Å². The molecule has 0 bridgehead atoms. The van der Waals surface area contributed by atoms with Gasteiger partial charge in [0.05, 0.1) is 0 Å². The molecule has 2 aromatic heterocycles. The van der Waals surface area contributed by atoms with Crippen LogP contribution in [0.1, 0.15) is 24.6 Å². The molecule has 0 aliphatic rings. The van der Waals surface area contributed by atoms with Crippen molar-refractivity contribution in [3.63, 3.8) is 0 Å². The van der Waals surface area contributed by atoms with Gasteiger partial charge in [0.2, 0.25) is 0 Å². The molecule has 0 aliphatic carbocycles. The van der Waals surface area contributed by atoms with Crippen molar-refractivity contribution < 1.29 is 0 Å². The lowest BCUT2D eigenvalue weighted by atomic mass is 10.2. The van der Waals surface area contributed by atoms with Gasteiger partial charge in [-0.25, -0.2) is 15.0 Å². The molecule has 1 atom stereocenters. The van der Waals surface area contributed by atoms with Gasteiger partial charge in [-0.15, -0.1) is 0 Å². The van der Waals surface area contributed by atoms with Crippen molar-refractivity contribution in [3.05, 3.63) is 42.5 Å². The molecule has 0 aliphatic heterocycles. The molecule has 0 spiro atoms. The maximum Gasteiger partial charge on any atom is 0.152 e. The Balaban J connectivity index is 2.32. The first-order valence-electron chi connectivity index (χ1n) is 4.86. The van der Waals surface area contributed by atoms with Gasteiger partial charge in [-0.05, 0) is 13.0 Å². The minimum absolute atomic E-state index is 0.360. The zero-order chi connectivity index (χ0) is 10.7. The van der Waals surface area contributed by atoms with Crippen LogP contribution in [0.15, 0.2) is 30.9 Å². The van der Waals surface area contributed by atoms with E-state index in [1.54, 1.807) is 24.7 Å². The first-order chi connectivity index (χ1) is 7.33. The third-order valence-corrected chi connectivity index (χ3v) is 2.23. The van der Waals surface area contributed by atoms with Gasteiger partial charge in [0.15, 0.2) is 5.82 Å². The Labute approximate surface area is 88.0 Å². The summed E-state index contributed by atoms with van der Waals surface area (Å²) < 4.78 is 1.99. The molecular weight excluding hydrogens is 190 g/mol. The van der Waals surface area contributed by atoms with E-state index < -0.39 is 0 Å². The Bertz CT molecular complexity index is 422. The fraction of sp³-hybridized carbons (Fsp3) is 0.300. The summed E-state index contributed by atoms with van der Waals surface area (Å²) in [6.45, 7) is 2.89. The molecule has 2 rings (SSSR count). The van der Waals surface area contributed by atoms with Gasteiger partial charge in [-0.1, -0.05) is 0 Å². The van der Waals surface area contributed by atoms with Crippen molar-refractivity contribution in [2.75, 3.05) is 0 Å². The van der Waals surface area contributed by atoms with Crippen LogP contribution in [0.2, 0.25) is 0 Å². The van der Waals surface area contributed by atoms with Crippen LogP contribution in [0, 0.1) is 0 Å². The molecule has 1 unspecified atom stereocenters. The van der Waals surface area contributed by atoms with Crippen LogP contribution >= 0.6 is 0 Å². The zero-order valence-electron chi connectivity index (χ0n) is 8.54. The lowest BCUT2D eigenvalue weighted by Gasteiger charge is -2.10. The van der Waals surface area contributed by atoms with Crippen LogP contribution in [0.5, 0.6) is 0 Å². The number of aryl methyl sites for hydroxylation is 1. The summed E-state index contributed by atoms with van der Waals surface area (Å²) in [5.41, 5.74) is 6.03. The van der Waals surface area contributed by atoms with Crippen LogP contribution in [-0.2, 0) is 6.54 Å². The lowest BCUT2D eigenvalue weighted by Crippen LogP contribution is -2.19. The molecule has 5 nitrogen and oxygen atoms in total. The van der Waals surface area contributed by atoms with E-state index in [9.17, 15) is 0 Å². The predicted octanol–water partition coefficient (Wildman–Crippen LogP) is 0.741.